The van der Waals surface area contributed by atoms with Crippen molar-refractivity contribution in [3.05, 3.63) is 79.7 Å². The molecule has 0 aliphatic carbocycles. The Morgan fingerprint density at radius 3 is 1.24 bits per heavy atom. The predicted octanol–water partition coefficient (Wildman–Crippen LogP) is 8.42. The number of nitrogens with two attached hydrogens (primary N) is 3. The van der Waals surface area contributed by atoms with Gasteiger partial charge in [0.25, 0.3) is 15.6 Å². The standard InChI is InChI=1S/C23H37N5O10P2.2C17H31N3O10P2.2H3N/c1-4-6-13-32-39(30,35-16-11-26-3)36-18-20-19(17-22(37-20)28-12-9-21(25)27-23(28)29)38-40(31,33-14-7-5-2)34-15-8-10-24;2*1-3-5-9-26-31(22,23)28-12-14-13(30-32(24,25)27-10-6-4-2)11-16(29-14)20-8-7-15(18)19-17(20)21;;/h9,12,19-20,22H,4-8,11,13-18H2,1-2H3,(H2,25,27,29);2*7-8,13-14,16H,3-6,9-12H2,1-2H3,(H,22,23)(H,24,25)(H2,18,19,21);2*1H3/t19-,20+,22+,39?,40?;2*13-,14+,16+;;/m000../s1. The number of nitriles is 1. The summed E-state index contributed by atoms with van der Waals surface area (Å²) in [5, 5.41) is 8.86. The van der Waals surface area contributed by atoms with Gasteiger partial charge in [0.05, 0.1) is 84.7 Å². The van der Waals surface area contributed by atoms with Crippen molar-refractivity contribution in [3.8, 4) is 6.07 Å². The monoisotopic (exact) mass is 1640 g/mol. The van der Waals surface area contributed by atoms with Gasteiger partial charge in [-0.1, -0.05) is 80.1 Å². The van der Waals surface area contributed by atoms with E-state index >= 15 is 0 Å². The third kappa shape index (κ3) is 36.1. The molecule has 3 aromatic heterocycles. The molecule has 6 rings (SSSR count). The topological polar surface area (TPSA) is 630 Å². The molecule has 16 N–H and O–H groups in total. The molecule has 49 heteroatoms. The molecule has 15 atom stereocenters. The molecule has 0 aromatic carbocycles. The van der Waals surface area contributed by atoms with Gasteiger partial charge in [-0.15, -0.1) is 0 Å². The van der Waals surface area contributed by atoms with E-state index in [2.05, 4.69) is 19.8 Å². The van der Waals surface area contributed by atoms with Crippen molar-refractivity contribution in [2.24, 2.45) is 0 Å². The number of quaternary nitrogens is 2. The van der Waals surface area contributed by atoms with Gasteiger partial charge in [0.2, 0.25) is 6.54 Å². The Morgan fingerprint density at radius 1 is 0.491 bits per heavy atom. The van der Waals surface area contributed by atoms with E-state index in [0.717, 1.165) is 47.7 Å². The van der Waals surface area contributed by atoms with Gasteiger partial charge in [0.1, 0.15) is 73.3 Å². The summed E-state index contributed by atoms with van der Waals surface area (Å²) in [5.74, 6) is 0.0433. The van der Waals surface area contributed by atoms with Gasteiger partial charge in [-0.2, -0.15) is 20.2 Å². The van der Waals surface area contributed by atoms with Crippen molar-refractivity contribution in [3.63, 3.8) is 0 Å². The summed E-state index contributed by atoms with van der Waals surface area (Å²) >= 11 is 0. The fourth-order valence-corrected chi connectivity index (χ4v) is 15.1. The zero-order valence-electron chi connectivity index (χ0n) is 60.8. The molecule has 6 unspecified atom stereocenters. The number of nitrogen functional groups attached to an aromatic ring is 3. The second-order valence-corrected chi connectivity index (χ2v) is 31.8. The number of aromatic nitrogens is 6. The maximum absolute atomic E-state index is 13.5. The lowest BCUT2D eigenvalue weighted by Gasteiger charge is -2.29. The highest BCUT2D eigenvalue weighted by Crippen LogP contribution is 2.56. The molecule has 0 amide bonds. The first kappa shape index (κ1) is 97.6. The number of unbranched alkanes of at least 4 members (excludes halogenated alkanes) is 6. The molecule has 3 saturated heterocycles. The molecule has 0 radical (unpaired) electrons. The molecule has 0 spiro atoms. The second-order valence-electron chi connectivity index (χ2n) is 22.8. The summed E-state index contributed by atoms with van der Waals surface area (Å²) in [6.45, 7) is 16.5. The van der Waals surface area contributed by atoms with Crippen LogP contribution in [0.2, 0.25) is 0 Å². The molecule has 3 aliphatic heterocycles. The molecular weight excluding hydrogens is 1530 g/mol. The highest BCUT2D eigenvalue weighted by molar-refractivity contribution is 7.49. The van der Waals surface area contributed by atoms with Crippen LogP contribution >= 0.6 is 46.9 Å². The number of nitrogens with zero attached hydrogens (tertiary/aromatic N) is 8. The quantitative estimate of drug-likeness (QED) is 0.0158. The SMILES string of the molecule is CCCCOP(=O)(O)OC[C@H]1O[C@@H](n2ccc(N)nc2=O)C[C@@H]1OP(=O)(O)OCCCC.CCCCOP(=O)([O-])OC[C@H]1O[C@@H](n2ccc(N)nc2=O)C[C@@H]1OP(=O)([O-])OCCCC.[C-]#[N+]CCOP(=O)(OCCCC)OC[C@H]1O[C@@H](n2ccc(N)nc2=O)C[C@@H]1OP(=O)(OCCC#N)OCCCC.[NH4+].[NH4+]. The molecule has 6 heterocycles. The molecule has 3 aliphatic rings. The number of phosphoric ester groups is 6. The lowest BCUT2D eigenvalue weighted by molar-refractivity contribution is -0.234. The van der Waals surface area contributed by atoms with Crippen molar-refractivity contribution in [2.75, 3.05) is 96.4 Å². The van der Waals surface area contributed by atoms with Crippen LogP contribution in [0.3, 0.4) is 0 Å². The van der Waals surface area contributed by atoms with Gasteiger partial charge in [-0.25, -0.2) is 39.2 Å². The second kappa shape index (κ2) is 49.7. The normalized spacial score (nSPS) is 23.2. The Labute approximate surface area is 614 Å². The zero-order valence-corrected chi connectivity index (χ0v) is 66.1. The minimum Gasteiger partial charge on any atom is -0.756 e. The molecular formula is C57H105N13O30P6. The van der Waals surface area contributed by atoms with E-state index in [1.165, 1.54) is 41.4 Å². The number of phosphoric acid groups is 6. The molecule has 608 valence electrons. The summed E-state index contributed by atoms with van der Waals surface area (Å²) in [4.78, 5) is 94.8. The Hall–Kier alpha value is -4.52. The molecule has 0 saturated carbocycles. The summed E-state index contributed by atoms with van der Waals surface area (Å²) in [6, 6.07) is 6.06. The summed E-state index contributed by atoms with van der Waals surface area (Å²) in [7, 11) is -26.5. The fourth-order valence-electron chi connectivity index (χ4n) is 9.01. The van der Waals surface area contributed by atoms with E-state index in [-0.39, 0.29) is 115 Å². The van der Waals surface area contributed by atoms with E-state index < -0.39 is 139 Å². The number of rotatable bonds is 48. The summed E-state index contributed by atoms with van der Waals surface area (Å²) in [5.41, 5.74) is 14.5. The predicted molar refractivity (Wildman–Crippen MR) is 378 cm³/mol. The van der Waals surface area contributed by atoms with E-state index in [1.54, 1.807) is 0 Å². The van der Waals surface area contributed by atoms with Crippen molar-refractivity contribution in [2.45, 2.75) is 200 Å². The third-order valence-corrected chi connectivity index (χ3v) is 21.4. The minimum absolute atomic E-state index is 0. The average Bonchev–Trinajstić information content (AvgIpc) is 1.67. The Balaban J connectivity index is 0.000000540. The van der Waals surface area contributed by atoms with Crippen molar-refractivity contribution in [1.29, 1.82) is 5.26 Å². The largest absolute Gasteiger partial charge is 0.756 e. The van der Waals surface area contributed by atoms with Crippen LogP contribution in [-0.4, -0.2) is 154 Å². The van der Waals surface area contributed by atoms with Crippen LogP contribution in [0.15, 0.2) is 51.2 Å². The van der Waals surface area contributed by atoms with Crippen LogP contribution in [0.1, 0.15) is 163 Å². The first-order chi connectivity index (χ1) is 49.3. The number of hydrogen-bond acceptors (Lipinski definition) is 35. The van der Waals surface area contributed by atoms with Gasteiger partial charge in [0.15, 0.2) is 0 Å². The van der Waals surface area contributed by atoms with Crippen LogP contribution in [0.4, 0.5) is 17.5 Å². The maximum Gasteiger partial charge on any atom is 0.475 e. The van der Waals surface area contributed by atoms with Gasteiger partial charge in [-0.3, -0.25) is 68.1 Å². The smallest absolute Gasteiger partial charge is 0.475 e. The molecule has 0 bridgehead atoms. The van der Waals surface area contributed by atoms with E-state index in [0.29, 0.717) is 38.5 Å². The van der Waals surface area contributed by atoms with Gasteiger partial charge in [-0.05, 0) is 56.7 Å². The van der Waals surface area contributed by atoms with E-state index in [1.807, 2.05) is 47.6 Å². The Bertz CT molecular complexity index is 3510. The number of anilines is 3. The highest BCUT2D eigenvalue weighted by atomic mass is 31.2. The zero-order chi connectivity index (χ0) is 77.0. The average molecular weight is 1640 g/mol. The lowest BCUT2D eigenvalue weighted by Crippen LogP contribution is -2.31. The van der Waals surface area contributed by atoms with Gasteiger partial charge in [0, 0.05) is 37.9 Å². The molecule has 3 fully saturated rings. The summed E-state index contributed by atoms with van der Waals surface area (Å²) in [6.07, 6.45) is 2.25. The number of ether oxygens (including phenoxy) is 3. The van der Waals surface area contributed by atoms with Crippen LogP contribution in [-0.2, 0) is 105 Å². The molecule has 106 heavy (non-hydrogen) atoms. The van der Waals surface area contributed by atoms with Crippen LogP contribution in [0.5, 0.6) is 0 Å². The Morgan fingerprint density at radius 2 is 0.830 bits per heavy atom. The Kier molecular flexibility index (Phi) is 45.7. The lowest BCUT2D eigenvalue weighted by atomic mass is 10.2. The maximum atomic E-state index is 13.5. The van der Waals surface area contributed by atoms with Crippen LogP contribution in [0, 0.1) is 17.9 Å². The molecule has 3 aromatic rings. The van der Waals surface area contributed by atoms with E-state index in [4.69, 9.17) is 107 Å². The van der Waals surface area contributed by atoms with Crippen LogP contribution < -0.4 is 56.4 Å². The van der Waals surface area contributed by atoms with Gasteiger partial charge < -0.3 is 86.2 Å². The van der Waals surface area contributed by atoms with Gasteiger partial charge >= 0.3 is 48.4 Å². The minimum atomic E-state index is -4.72. The van der Waals surface area contributed by atoms with E-state index in [9.17, 15) is 61.3 Å². The number of hydrogen-bond donors (Lipinski definition) is 7. The van der Waals surface area contributed by atoms with Crippen molar-refractivity contribution in [1.82, 2.24) is 41.0 Å². The van der Waals surface area contributed by atoms with Crippen LogP contribution in [0.25, 0.3) is 4.85 Å². The van der Waals surface area contributed by atoms with Crippen molar-refractivity contribution < 1.29 is 125 Å². The fraction of sp³-hybridized carbons (Fsp3) is 0.754. The summed E-state index contributed by atoms with van der Waals surface area (Å²) < 4.78 is 168. The third-order valence-electron chi connectivity index (χ3n) is 14.4. The highest BCUT2D eigenvalue weighted by Gasteiger charge is 2.47. The first-order valence-electron chi connectivity index (χ1n) is 33.7. The first-order valence-corrected chi connectivity index (χ1v) is 42.5. The molecule has 43 nitrogen and oxygen atoms in total. The van der Waals surface area contributed by atoms with Crippen molar-refractivity contribution >= 4 is 64.4 Å².